The first-order valence-corrected chi connectivity index (χ1v) is 7.84. The number of amides is 1. The lowest BCUT2D eigenvalue weighted by atomic mass is 10.1. The number of hydrogen-bond donors (Lipinski definition) is 1. The van der Waals surface area contributed by atoms with Crippen molar-refractivity contribution in [2.75, 3.05) is 6.61 Å². The van der Waals surface area contributed by atoms with Gasteiger partial charge >= 0.3 is 5.97 Å². The van der Waals surface area contributed by atoms with Crippen LogP contribution in [0.2, 0.25) is 5.02 Å². The molecule has 0 bridgehead atoms. The Bertz CT molecular complexity index is 756. The molecule has 1 N–H and O–H groups in total. The van der Waals surface area contributed by atoms with Crippen molar-refractivity contribution >= 4 is 29.6 Å². The lowest BCUT2D eigenvalue weighted by molar-refractivity contribution is -0.143. The molecule has 0 saturated heterocycles. The lowest BCUT2D eigenvalue weighted by Gasteiger charge is -2.06. The maximum absolute atomic E-state index is 11.7. The molecule has 4 nitrogen and oxygen atoms in total. The van der Waals surface area contributed by atoms with Gasteiger partial charge in [0.15, 0.2) is 6.61 Å². The zero-order valence-electron chi connectivity index (χ0n) is 13.3. The van der Waals surface area contributed by atoms with Crippen molar-refractivity contribution in [3.63, 3.8) is 0 Å². The van der Waals surface area contributed by atoms with Gasteiger partial charge in [-0.25, -0.2) is 4.79 Å². The minimum atomic E-state index is -0.565. The molecule has 124 valence electrons. The van der Waals surface area contributed by atoms with Crippen LogP contribution in [-0.2, 0) is 20.9 Å². The Kier molecular flexibility index (Phi) is 6.58. The average molecular weight is 344 g/mol. The van der Waals surface area contributed by atoms with E-state index in [1.165, 1.54) is 6.08 Å². The van der Waals surface area contributed by atoms with E-state index in [2.05, 4.69) is 5.32 Å². The molecule has 0 aromatic heterocycles. The highest BCUT2D eigenvalue weighted by atomic mass is 35.5. The first kappa shape index (κ1) is 17.8. The maximum atomic E-state index is 11.7. The number of carbonyl (C=O) groups excluding carboxylic acids is 2. The summed E-state index contributed by atoms with van der Waals surface area (Å²) in [5.41, 5.74) is 2.80. The number of hydrogen-bond acceptors (Lipinski definition) is 3. The van der Waals surface area contributed by atoms with Crippen molar-refractivity contribution in [2.45, 2.75) is 13.5 Å². The van der Waals surface area contributed by atoms with Gasteiger partial charge in [-0.2, -0.15) is 0 Å². The summed E-state index contributed by atoms with van der Waals surface area (Å²) in [4.78, 5) is 23.3. The predicted molar refractivity (Wildman–Crippen MR) is 94.5 cm³/mol. The van der Waals surface area contributed by atoms with Crippen molar-refractivity contribution < 1.29 is 14.3 Å². The number of rotatable bonds is 6. The number of nitrogens with one attached hydrogen (secondary N) is 1. The third-order valence-corrected chi connectivity index (χ3v) is 3.60. The molecule has 0 unspecified atom stereocenters. The smallest absolute Gasteiger partial charge is 0.331 e. The van der Waals surface area contributed by atoms with Gasteiger partial charge in [0.1, 0.15) is 0 Å². The highest BCUT2D eigenvalue weighted by Crippen LogP contribution is 2.14. The zero-order valence-corrected chi connectivity index (χ0v) is 14.0. The Morgan fingerprint density at radius 3 is 2.71 bits per heavy atom. The van der Waals surface area contributed by atoms with Crippen molar-refractivity contribution in [3.8, 4) is 0 Å². The van der Waals surface area contributed by atoms with Crippen LogP contribution in [0.1, 0.15) is 16.7 Å². The van der Waals surface area contributed by atoms with Crippen LogP contribution in [0.25, 0.3) is 6.08 Å². The van der Waals surface area contributed by atoms with Crippen LogP contribution >= 0.6 is 11.6 Å². The molecule has 0 radical (unpaired) electrons. The Balaban J connectivity index is 1.75. The number of ether oxygens (including phenoxy) is 1. The molecule has 0 atom stereocenters. The molecule has 0 heterocycles. The second-order valence-electron chi connectivity index (χ2n) is 5.22. The highest BCUT2D eigenvalue weighted by Gasteiger charge is 2.06. The molecular weight excluding hydrogens is 326 g/mol. The number of aryl methyl sites for hydroxylation is 1. The van der Waals surface area contributed by atoms with Crippen molar-refractivity contribution in [2.24, 2.45) is 0 Å². The fourth-order valence-electron chi connectivity index (χ4n) is 2.01. The van der Waals surface area contributed by atoms with Gasteiger partial charge in [0, 0.05) is 17.6 Å². The van der Waals surface area contributed by atoms with E-state index in [1.54, 1.807) is 12.1 Å². The van der Waals surface area contributed by atoms with E-state index < -0.39 is 5.97 Å². The van der Waals surface area contributed by atoms with Crippen LogP contribution in [0, 0.1) is 6.92 Å². The first-order valence-electron chi connectivity index (χ1n) is 7.46. The van der Waals surface area contributed by atoms with Crippen molar-refractivity contribution in [1.29, 1.82) is 0 Å². The fraction of sp³-hybridized carbons (Fsp3) is 0.158. The summed E-state index contributed by atoms with van der Waals surface area (Å²) < 4.78 is 4.90. The fourth-order valence-corrected chi connectivity index (χ4v) is 2.21. The Labute approximate surface area is 146 Å². The first-order chi connectivity index (χ1) is 11.5. The predicted octanol–water partition coefficient (Wildman–Crippen LogP) is 3.52. The summed E-state index contributed by atoms with van der Waals surface area (Å²) in [6.07, 6.45) is 2.95. The standard InChI is InChI=1S/C19H18ClNO3/c1-14-5-4-6-15(11-14)9-10-19(23)24-13-18(22)21-12-16-7-2-3-8-17(16)20/h2-11H,12-13H2,1H3,(H,21,22)/b10-9+. The highest BCUT2D eigenvalue weighted by molar-refractivity contribution is 6.31. The summed E-state index contributed by atoms with van der Waals surface area (Å²) in [7, 11) is 0. The molecule has 2 aromatic carbocycles. The van der Waals surface area contributed by atoms with Gasteiger partial charge < -0.3 is 10.1 Å². The number of benzene rings is 2. The summed E-state index contributed by atoms with van der Waals surface area (Å²) in [6.45, 7) is 1.93. The van der Waals surface area contributed by atoms with Gasteiger partial charge in [0.05, 0.1) is 0 Å². The van der Waals surface area contributed by atoms with Crippen molar-refractivity contribution in [1.82, 2.24) is 5.32 Å². The third kappa shape index (κ3) is 5.89. The van der Waals surface area contributed by atoms with E-state index in [0.29, 0.717) is 5.02 Å². The van der Waals surface area contributed by atoms with Gasteiger partial charge in [0.25, 0.3) is 5.91 Å². The van der Waals surface area contributed by atoms with E-state index >= 15 is 0 Å². The molecule has 0 saturated carbocycles. The molecule has 0 aliphatic rings. The minimum absolute atomic E-state index is 0.287. The third-order valence-electron chi connectivity index (χ3n) is 3.23. The summed E-state index contributed by atoms with van der Waals surface area (Å²) in [5.74, 6) is -0.948. The molecule has 1 amide bonds. The second-order valence-corrected chi connectivity index (χ2v) is 5.63. The molecule has 2 aromatic rings. The largest absolute Gasteiger partial charge is 0.452 e. The summed E-state index contributed by atoms with van der Waals surface area (Å²) in [5, 5.41) is 3.23. The second kappa shape index (κ2) is 8.89. The molecule has 24 heavy (non-hydrogen) atoms. The topological polar surface area (TPSA) is 55.4 Å². The van der Waals surface area contributed by atoms with Crippen LogP contribution in [0.15, 0.2) is 54.6 Å². The van der Waals surface area contributed by atoms with E-state index in [0.717, 1.165) is 16.7 Å². The summed E-state index contributed by atoms with van der Waals surface area (Å²) in [6, 6.07) is 14.9. The molecule has 0 spiro atoms. The lowest BCUT2D eigenvalue weighted by Crippen LogP contribution is -2.28. The molecule has 0 aliphatic heterocycles. The number of carbonyl (C=O) groups is 2. The van der Waals surface area contributed by atoms with Crippen LogP contribution in [0.3, 0.4) is 0 Å². The molecule has 5 heteroatoms. The Morgan fingerprint density at radius 2 is 1.96 bits per heavy atom. The van der Waals surface area contributed by atoms with Crippen LogP contribution in [0.4, 0.5) is 0 Å². The van der Waals surface area contributed by atoms with E-state index in [9.17, 15) is 9.59 Å². The Hall–Kier alpha value is -2.59. The van der Waals surface area contributed by atoms with E-state index in [4.69, 9.17) is 16.3 Å². The van der Waals surface area contributed by atoms with Crippen LogP contribution in [0.5, 0.6) is 0 Å². The molecule has 0 fully saturated rings. The van der Waals surface area contributed by atoms with Crippen LogP contribution < -0.4 is 5.32 Å². The molecule has 0 aliphatic carbocycles. The molecular formula is C19H18ClNO3. The summed E-state index contributed by atoms with van der Waals surface area (Å²) >= 11 is 6.00. The SMILES string of the molecule is Cc1cccc(/C=C/C(=O)OCC(=O)NCc2ccccc2Cl)c1. The molecule has 2 rings (SSSR count). The maximum Gasteiger partial charge on any atom is 0.331 e. The average Bonchev–Trinajstić information content (AvgIpc) is 2.57. The van der Waals surface area contributed by atoms with E-state index in [-0.39, 0.29) is 19.1 Å². The monoisotopic (exact) mass is 343 g/mol. The van der Waals surface area contributed by atoms with Gasteiger partial charge in [-0.05, 0) is 30.2 Å². The van der Waals surface area contributed by atoms with Gasteiger partial charge in [0.2, 0.25) is 0 Å². The van der Waals surface area contributed by atoms with Crippen LogP contribution in [-0.4, -0.2) is 18.5 Å². The Morgan fingerprint density at radius 1 is 1.17 bits per heavy atom. The quantitative estimate of drug-likeness (QED) is 0.645. The minimum Gasteiger partial charge on any atom is -0.452 e. The number of halogens is 1. The van der Waals surface area contributed by atoms with Crippen molar-refractivity contribution in [3.05, 3.63) is 76.3 Å². The van der Waals surface area contributed by atoms with Gasteiger partial charge in [-0.1, -0.05) is 59.6 Å². The van der Waals surface area contributed by atoms with Gasteiger partial charge in [-0.3, -0.25) is 4.79 Å². The normalized spacial score (nSPS) is 10.6. The number of esters is 1. The van der Waals surface area contributed by atoms with Gasteiger partial charge in [-0.15, -0.1) is 0 Å². The van der Waals surface area contributed by atoms with E-state index in [1.807, 2.05) is 49.4 Å². The zero-order chi connectivity index (χ0) is 17.4.